The van der Waals surface area contributed by atoms with Crippen molar-refractivity contribution in [3.05, 3.63) is 39.4 Å². The number of nitro groups is 1. The third kappa shape index (κ3) is 2.31. The Balaban J connectivity index is 3.56. The minimum Gasteiger partial charge on any atom is -0.275 e. The smallest absolute Gasteiger partial charge is 0.275 e. The molecule has 0 radical (unpaired) electrons. The molecule has 0 aliphatic carbocycles. The van der Waals surface area contributed by atoms with Gasteiger partial charge in [-0.3, -0.25) is 19.7 Å². The number of hydrogen-bond acceptors (Lipinski definition) is 4. The molecule has 0 atom stereocenters. The molecule has 5 nitrogen and oxygen atoms in total. The van der Waals surface area contributed by atoms with E-state index in [0.29, 0.717) is 0 Å². The van der Waals surface area contributed by atoms with Crippen molar-refractivity contribution in [2.45, 2.75) is 0 Å². The first-order valence-electron chi connectivity index (χ1n) is 3.62. The summed E-state index contributed by atoms with van der Waals surface area (Å²) < 4.78 is 0. The highest BCUT2D eigenvalue weighted by Crippen LogP contribution is 2.26. The molecule has 15 heavy (non-hydrogen) atoms. The molecule has 0 amide bonds. The van der Waals surface area contributed by atoms with Crippen LogP contribution < -0.4 is 0 Å². The van der Waals surface area contributed by atoms with Gasteiger partial charge in [0.2, 0.25) is 0 Å². The fourth-order valence-corrected chi connectivity index (χ4v) is 1.36. The summed E-state index contributed by atoms with van der Waals surface area (Å²) in [6.07, 6.45) is 0. The maximum atomic E-state index is 10.9. The Morgan fingerprint density at radius 3 is 1.80 bits per heavy atom. The number of rotatable bonds is 3. The van der Waals surface area contributed by atoms with Gasteiger partial charge in [-0.25, -0.2) is 0 Å². The quantitative estimate of drug-likeness (QED) is 0.467. The van der Waals surface area contributed by atoms with Crippen LogP contribution in [0.15, 0.2) is 18.2 Å². The number of carbonyl (C=O) groups is 2. The van der Waals surface area contributed by atoms with E-state index in [4.69, 9.17) is 23.2 Å². The molecule has 0 aromatic heterocycles. The van der Waals surface area contributed by atoms with Gasteiger partial charge in [0.15, 0.2) is 0 Å². The normalized spacial score (nSPS) is 9.73. The van der Waals surface area contributed by atoms with Gasteiger partial charge in [0.25, 0.3) is 16.2 Å². The van der Waals surface area contributed by atoms with Crippen LogP contribution in [0.1, 0.15) is 20.7 Å². The van der Waals surface area contributed by atoms with Gasteiger partial charge in [0.1, 0.15) is 11.1 Å². The van der Waals surface area contributed by atoms with Crippen molar-refractivity contribution < 1.29 is 14.5 Å². The standard InChI is InChI=1S/C8H3Cl2NO4/c9-7(12)4-2-1-3-5(8(10)13)6(4)11(14)15/h1-3H. The Kier molecular flexibility index (Phi) is 3.39. The van der Waals surface area contributed by atoms with Crippen LogP contribution in [0.4, 0.5) is 5.69 Å². The largest absolute Gasteiger partial charge is 0.293 e. The molecule has 0 unspecified atom stereocenters. The highest BCUT2D eigenvalue weighted by Gasteiger charge is 2.26. The molecule has 0 saturated carbocycles. The maximum Gasteiger partial charge on any atom is 0.293 e. The highest BCUT2D eigenvalue weighted by molar-refractivity contribution is 6.70. The monoisotopic (exact) mass is 247 g/mol. The van der Waals surface area contributed by atoms with E-state index in [-0.39, 0.29) is 11.1 Å². The maximum absolute atomic E-state index is 10.9. The van der Waals surface area contributed by atoms with Crippen molar-refractivity contribution >= 4 is 39.4 Å². The van der Waals surface area contributed by atoms with Crippen LogP contribution in [0.2, 0.25) is 0 Å². The van der Waals surface area contributed by atoms with Crippen molar-refractivity contribution in [3.63, 3.8) is 0 Å². The minimum atomic E-state index is -1.01. The highest BCUT2D eigenvalue weighted by atomic mass is 35.5. The van der Waals surface area contributed by atoms with Gasteiger partial charge < -0.3 is 0 Å². The molecule has 0 saturated heterocycles. The topological polar surface area (TPSA) is 77.3 Å². The third-order valence-electron chi connectivity index (χ3n) is 1.64. The molecule has 0 spiro atoms. The van der Waals surface area contributed by atoms with E-state index >= 15 is 0 Å². The lowest BCUT2D eigenvalue weighted by Crippen LogP contribution is -2.04. The number of nitro benzene ring substituents is 1. The Morgan fingerprint density at radius 1 is 1.13 bits per heavy atom. The first kappa shape index (κ1) is 11.6. The number of halogens is 2. The SMILES string of the molecule is O=C(Cl)c1cccc(C(=O)Cl)c1[N+](=O)[O-]. The Bertz CT molecular complexity index is 426. The van der Waals surface area contributed by atoms with E-state index in [2.05, 4.69) is 0 Å². The van der Waals surface area contributed by atoms with Gasteiger partial charge in [-0.2, -0.15) is 0 Å². The zero-order valence-corrected chi connectivity index (χ0v) is 8.58. The lowest BCUT2D eigenvalue weighted by molar-refractivity contribution is -0.385. The first-order chi connectivity index (χ1) is 6.95. The molecule has 1 rings (SSSR count). The molecular formula is C8H3Cl2NO4. The molecule has 1 aromatic carbocycles. The third-order valence-corrected chi connectivity index (χ3v) is 2.05. The number of hydrogen-bond donors (Lipinski definition) is 0. The average molecular weight is 248 g/mol. The van der Waals surface area contributed by atoms with Crippen LogP contribution >= 0.6 is 23.2 Å². The number of para-hydroxylation sites is 1. The predicted octanol–water partition coefficient (Wildman–Crippen LogP) is 2.35. The number of nitrogens with zero attached hydrogens (tertiary/aromatic N) is 1. The van der Waals surface area contributed by atoms with Crippen molar-refractivity contribution in [2.75, 3.05) is 0 Å². The summed E-state index contributed by atoms with van der Waals surface area (Å²) >= 11 is 10.3. The summed E-state index contributed by atoms with van der Waals surface area (Å²) in [5.74, 6) is 0. The summed E-state index contributed by atoms with van der Waals surface area (Å²) in [7, 11) is 0. The van der Waals surface area contributed by atoms with E-state index in [9.17, 15) is 19.7 Å². The number of carbonyl (C=O) groups excluding carboxylic acids is 2. The summed E-state index contributed by atoms with van der Waals surface area (Å²) in [5.41, 5.74) is -1.38. The minimum absolute atomic E-state index is 0.354. The van der Waals surface area contributed by atoms with Crippen LogP contribution in [0.3, 0.4) is 0 Å². The van der Waals surface area contributed by atoms with Gasteiger partial charge in [0, 0.05) is 0 Å². The van der Waals surface area contributed by atoms with E-state index in [0.717, 1.165) is 12.1 Å². The number of benzene rings is 1. The average Bonchev–Trinajstić information content (AvgIpc) is 2.16. The van der Waals surface area contributed by atoms with Gasteiger partial charge in [-0.15, -0.1) is 0 Å². The zero-order valence-electron chi connectivity index (χ0n) is 7.07. The lowest BCUT2D eigenvalue weighted by atomic mass is 10.1. The summed E-state index contributed by atoms with van der Waals surface area (Å²) in [6.45, 7) is 0. The lowest BCUT2D eigenvalue weighted by Gasteiger charge is -2.00. The molecule has 0 aliphatic heterocycles. The van der Waals surface area contributed by atoms with Crippen LogP contribution in [0.25, 0.3) is 0 Å². The molecule has 0 fully saturated rings. The van der Waals surface area contributed by atoms with Crippen molar-refractivity contribution in [1.29, 1.82) is 0 Å². The molecule has 78 valence electrons. The van der Waals surface area contributed by atoms with Gasteiger partial charge in [-0.1, -0.05) is 6.07 Å². The summed E-state index contributed by atoms with van der Waals surface area (Å²) in [4.78, 5) is 31.5. The molecule has 0 bridgehead atoms. The van der Waals surface area contributed by atoms with E-state index < -0.39 is 21.1 Å². The molecular weight excluding hydrogens is 245 g/mol. The van der Waals surface area contributed by atoms with Gasteiger partial charge in [-0.05, 0) is 35.3 Å². The fraction of sp³-hybridized carbons (Fsp3) is 0. The van der Waals surface area contributed by atoms with Gasteiger partial charge in [0.05, 0.1) is 4.92 Å². The Hall–Kier alpha value is -1.46. The zero-order chi connectivity index (χ0) is 11.6. The van der Waals surface area contributed by atoms with E-state index in [1.54, 1.807) is 0 Å². The van der Waals surface area contributed by atoms with Crippen LogP contribution in [-0.2, 0) is 0 Å². The fourth-order valence-electron chi connectivity index (χ4n) is 1.06. The molecule has 7 heteroatoms. The van der Waals surface area contributed by atoms with E-state index in [1.165, 1.54) is 6.07 Å². The van der Waals surface area contributed by atoms with Gasteiger partial charge >= 0.3 is 0 Å². The Labute approximate surface area is 93.7 Å². The second-order valence-corrected chi connectivity index (χ2v) is 3.19. The van der Waals surface area contributed by atoms with E-state index in [1.807, 2.05) is 0 Å². The molecule has 0 aliphatic rings. The van der Waals surface area contributed by atoms with Crippen LogP contribution in [0, 0.1) is 10.1 Å². The second-order valence-electron chi connectivity index (χ2n) is 2.51. The van der Waals surface area contributed by atoms with Crippen molar-refractivity contribution in [3.8, 4) is 0 Å². The van der Waals surface area contributed by atoms with Crippen molar-refractivity contribution in [1.82, 2.24) is 0 Å². The van der Waals surface area contributed by atoms with Crippen molar-refractivity contribution in [2.24, 2.45) is 0 Å². The molecule has 0 N–H and O–H groups in total. The Morgan fingerprint density at radius 2 is 1.53 bits per heavy atom. The second kappa shape index (κ2) is 4.37. The summed E-state index contributed by atoms with van der Waals surface area (Å²) in [6, 6.07) is 3.59. The van der Waals surface area contributed by atoms with Crippen LogP contribution in [-0.4, -0.2) is 15.4 Å². The van der Waals surface area contributed by atoms with Crippen LogP contribution in [0.5, 0.6) is 0 Å². The summed E-state index contributed by atoms with van der Waals surface area (Å²) in [5, 5.41) is 8.61. The predicted molar refractivity (Wildman–Crippen MR) is 53.5 cm³/mol. The first-order valence-corrected chi connectivity index (χ1v) is 4.37. The molecule has 0 heterocycles. The molecule has 1 aromatic rings.